The van der Waals surface area contributed by atoms with Crippen LogP contribution in [-0.4, -0.2) is 31.6 Å². The van der Waals surface area contributed by atoms with Gasteiger partial charge in [-0.1, -0.05) is 18.2 Å². The number of hydrogen-bond acceptors (Lipinski definition) is 2. The number of nitrogens with zero attached hydrogens (tertiary/aromatic N) is 1. The number of piperidine rings is 1. The molecule has 1 fully saturated rings. The van der Waals surface area contributed by atoms with Crippen LogP contribution in [0.2, 0.25) is 0 Å². The maximum Gasteiger partial charge on any atom is 0.122 e. The first-order valence-electron chi connectivity index (χ1n) is 6.17. The number of ether oxygens (including phenoxy) is 1. The zero-order valence-electron chi connectivity index (χ0n) is 9.91. The van der Waals surface area contributed by atoms with Gasteiger partial charge in [0.2, 0.25) is 0 Å². The molecule has 2 aliphatic rings. The average Bonchev–Trinajstić information content (AvgIpc) is 2.33. The summed E-state index contributed by atoms with van der Waals surface area (Å²) in [4.78, 5) is 2.42. The van der Waals surface area contributed by atoms with Crippen LogP contribution in [0.25, 0.3) is 0 Å². The fraction of sp³-hybridized carbons (Fsp3) is 0.571. The minimum atomic E-state index is 0.418. The molecule has 1 aromatic carbocycles. The van der Waals surface area contributed by atoms with Crippen molar-refractivity contribution in [2.24, 2.45) is 5.41 Å². The van der Waals surface area contributed by atoms with E-state index in [2.05, 4.69) is 36.2 Å². The number of benzene rings is 1. The van der Waals surface area contributed by atoms with Gasteiger partial charge in [-0.15, -0.1) is 0 Å². The van der Waals surface area contributed by atoms with Gasteiger partial charge in [0.1, 0.15) is 5.75 Å². The monoisotopic (exact) mass is 217 g/mol. The molecule has 0 aromatic heterocycles. The number of rotatable bonds is 0. The lowest BCUT2D eigenvalue weighted by molar-refractivity contribution is 0.0499. The summed E-state index contributed by atoms with van der Waals surface area (Å²) in [6.45, 7) is 3.34. The Balaban J connectivity index is 1.82. The lowest BCUT2D eigenvalue weighted by Crippen LogP contribution is -2.44. The molecule has 2 nitrogen and oxygen atoms in total. The highest BCUT2D eigenvalue weighted by atomic mass is 16.5. The molecule has 1 aromatic rings. The molecule has 0 aliphatic carbocycles. The Morgan fingerprint density at radius 1 is 1.19 bits per heavy atom. The SMILES string of the molecule is CN1CCC2(CC1)COc1ccccc1C2. The van der Waals surface area contributed by atoms with Gasteiger partial charge in [-0.2, -0.15) is 0 Å². The van der Waals surface area contributed by atoms with Crippen molar-refractivity contribution >= 4 is 0 Å². The zero-order chi connectivity index (χ0) is 11.0. The molecule has 0 unspecified atom stereocenters. The second-order valence-electron chi connectivity index (χ2n) is 5.38. The first-order valence-corrected chi connectivity index (χ1v) is 6.17. The van der Waals surface area contributed by atoms with Crippen molar-refractivity contribution in [3.05, 3.63) is 29.8 Å². The predicted molar refractivity (Wildman–Crippen MR) is 64.8 cm³/mol. The number of fused-ring (bicyclic) bond motifs is 1. The largest absolute Gasteiger partial charge is 0.493 e. The van der Waals surface area contributed by atoms with Gasteiger partial charge in [-0.25, -0.2) is 0 Å². The fourth-order valence-electron chi connectivity index (χ4n) is 2.89. The van der Waals surface area contributed by atoms with Crippen LogP contribution in [0.4, 0.5) is 0 Å². The molecule has 1 spiro atoms. The predicted octanol–water partition coefficient (Wildman–Crippen LogP) is 2.33. The molecule has 0 saturated carbocycles. The van der Waals surface area contributed by atoms with Crippen LogP contribution in [0.5, 0.6) is 5.75 Å². The maximum absolute atomic E-state index is 5.93. The molecule has 3 rings (SSSR count). The standard InChI is InChI=1S/C14H19NO/c1-15-8-6-14(7-9-15)10-12-4-2-3-5-13(12)16-11-14/h2-5H,6-11H2,1H3. The van der Waals surface area contributed by atoms with Crippen molar-refractivity contribution in [1.82, 2.24) is 4.90 Å². The lowest BCUT2D eigenvalue weighted by atomic mass is 9.73. The molecule has 0 radical (unpaired) electrons. The van der Waals surface area contributed by atoms with Crippen molar-refractivity contribution in [2.75, 3.05) is 26.7 Å². The normalized spacial score (nSPS) is 23.8. The lowest BCUT2D eigenvalue weighted by Gasteiger charge is -2.43. The van der Waals surface area contributed by atoms with Crippen LogP contribution in [-0.2, 0) is 6.42 Å². The Kier molecular flexibility index (Phi) is 2.40. The molecule has 0 N–H and O–H groups in total. The van der Waals surface area contributed by atoms with Gasteiger partial charge in [0, 0.05) is 5.41 Å². The Labute approximate surface area is 97.2 Å². The molecule has 16 heavy (non-hydrogen) atoms. The number of hydrogen-bond donors (Lipinski definition) is 0. The zero-order valence-corrected chi connectivity index (χ0v) is 9.91. The summed E-state index contributed by atoms with van der Waals surface area (Å²) < 4.78 is 5.93. The average molecular weight is 217 g/mol. The van der Waals surface area contributed by atoms with Crippen molar-refractivity contribution < 1.29 is 4.74 Å². The minimum Gasteiger partial charge on any atom is -0.493 e. The van der Waals surface area contributed by atoms with E-state index in [0.717, 1.165) is 12.4 Å². The van der Waals surface area contributed by atoms with E-state index in [1.807, 2.05) is 0 Å². The third-order valence-corrected chi connectivity index (χ3v) is 4.12. The molecule has 2 aliphatic heterocycles. The Morgan fingerprint density at radius 3 is 2.75 bits per heavy atom. The minimum absolute atomic E-state index is 0.418. The third-order valence-electron chi connectivity index (χ3n) is 4.12. The maximum atomic E-state index is 5.93. The first-order chi connectivity index (χ1) is 7.77. The summed E-state index contributed by atoms with van der Waals surface area (Å²) in [5.74, 6) is 1.10. The van der Waals surface area contributed by atoms with E-state index in [1.165, 1.54) is 37.9 Å². The topological polar surface area (TPSA) is 12.5 Å². The van der Waals surface area contributed by atoms with E-state index in [9.17, 15) is 0 Å². The summed E-state index contributed by atoms with van der Waals surface area (Å²) in [6.07, 6.45) is 3.76. The summed E-state index contributed by atoms with van der Waals surface area (Å²) in [5.41, 5.74) is 1.82. The fourth-order valence-corrected chi connectivity index (χ4v) is 2.89. The van der Waals surface area contributed by atoms with Crippen LogP contribution >= 0.6 is 0 Å². The Hall–Kier alpha value is -1.02. The van der Waals surface area contributed by atoms with E-state index in [4.69, 9.17) is 4.74 Å². The van der Waals surface area contributed by atoms with Crippen LogP contribution in [0.15, 0.2) is 24.3 Å². The number of likely N-dealkylation sites (tertiary alicyclic amines) is 1. The summed E-state index contributed by atoms with van der Waals surface area (Å²) >= 11 is 0. The molecule has 0 bridgehead atoms. The van der Waals surface area contributed by atoms with Gasteiger partial charge in [0.15, 0.2) is 0 Å². The van der Waals surface area contributed by atoms with E-state index < -0.39 is 0 Å². The van der Waals surface area contributed by atoms with E-state index in [-0.39, 0.29) is 0 Å². The molecule has 86 valence electrons. The van der Waals surface area contributed by atoms with Crippen LogP contribution < -0.4 is 4.74 Å². The highest BCUT2D eigenvalue weighted by Gasteiger charge is 2.37. The Bertz CT molecular complexity index is 380. The second kappa shape index (κ2) is 3.77. The van der Waals surface area contributed by atoms with Crippen molar-refractivity contribution in [2.45, 2.75) is 19.3 Å². The van der Waals surface area contributed by atoms with Crippen LogP contribution in [0.1, 0.15) is 18.4 Å². The molecule has 2 heterocycles. The van der Waals surface area contributed by atoms with Crippen molar-refractivity contribution in [3.8, 4) is 5.75 Å². The summed E-state index contributed by atoms with van der Waals surface area (Å²) in [5, 5.41) is 0. The quantitative estimate of drug-likeness (QED) is 0.661. The van der Waals surface area contributed by atoms with Crippen molar-refractivity contribution in [3.63, 3.8) is 0 Å². The van der Waals surface area contributed by atoms with Crippen LogP contribution in [0, 0.1) is 5.41 Å². The van der Waals surface area contributed by atoms with Gasteiger partial charge >= 0.3 is 0 Å². The number of para-hydroxylation sites is 1. The van der Waals surface area contributed by atoms with Gasteiger partial charge < -0.3 is 9.64 Å². The van der Waals surface area contributed by atoms with Gasteiger partial charge in [-0.3, -0.25) is 0 Å². The summed E-state index contributed by atoms with van der Waals surface area (Å²) in [7, 11) is 2.21. The smallest absolute Gasteiger partial charge is 0.122 e. The van der Waals surface area contributed by atoms with Gasteiger partial charge in [0.25, 0.3) is 0 Å². The highest BCUT2D eigenvalue weighted by molar-refractivity contribution is 5.36. The molecular formula is C14H19NO. The van der Waals surface area contributed by atoms with Crippen LogP contribution in [0.3, 0.4) is 0 Å². The Morgan fingerprint density at radius 2 is 1.94 bits per heavy atom. The van der Waals surface area contributed by atoms with E-state index in [0.29, 0.717) is 5.41 Å². The highest BCUT2D eigenvalue weighted by Crippen LogP contribution is 2.41. The van der Waals surface area contributed by atoms with E-state index in [1.54, 1.807) is 0 Å². The van der Waals surface area contributed by atoms with Gasteiger partial charge in [-0.05, 0) is 51.0 Å². The third kappa shape index (κ3) is 1.71. The molecule has 0 atom stereocenters. The van der Waals surface area contributed by atoms with Gasteiger partial charge in [0.05, 0.1) is 6.61 Å². The molecule has 0 amide bonds. The van der Waals surface area contributed by atoms with Crippen molar-refractivity contribution in [1.29, 1.82) is 0 Å². The van der Waals surface area contributed by atoms with E-state index >= 15 is 0 Å². The summed E-state index contributed by atoms with van der Waals surface area (Å²) in [6, 6.07) is 8.49. The molecular weight excluding hydrogens is 198 g/mol. The molecule has 1 saturated heterocycles. The first kappa shape index (κ1) is 10.2. The molecule has 2 heteroatoms. The second-order valence-corrected chi connectivity index (χ2v) is 5.38.